The highest BCUT2D eigenvalue weighted by atomic mass is 79.9. The standard InChI is InChI=1S/C13H13BrN2O/c1-9(11-6-4-3-5-7-11)13(17)16-8-12(14)10(2)15-16/h3-9H,1-2H3. The van der Waals surface area contributed by atoms with Gasteiger partial charge in [-0.1, -0.05) is 30.3 Å². The highest BCUT2D eigenvalue weighted by Crippen LogP contribution is 2.19. The molecule has 1 aromatic heterocycles. The van der Waals surface area contributed by atoms with Crippen molar-refractivity contribution in [3.05, 3.63) is 52.3 Å². The molecule has 1 unspecified atom stereocenters. The summed E-state index contributed by atoms with van der Waals surface area (Å²) in [5.41, 5.74) is 1.82. The maximum absolute atomic E-state index is 12.2. The summed E-state index contributed by atoms with van der Waals surface area (Å²) in [6.07, 6.45) is 1.71. The van der Waals surface area contributed by atoms with E-state index in [1.165, 1.54) is 4.68 Å². The molecule has 0 spiro atoms. The number of halogens is 1. The lowest BCUT2D eigenvalue weighted by atomic mass is 10.0. The molecule has 1 aromatic carbocycles. The van der Waals surface area contributed by atoms with Gasteiger partial charge in [0, 0.05) is 6.20 Å². The third kappa shape index (κ3) is 2.47. The van der Waals surface area contributed by atoms with E-state index in [0.717, 1.165) is 15.7 Å². The zero-order chi connectivity index (χ0) is 12.4. The topological polar surface area (TPSA) is 34.9 Å². The Morgan fingerprint density at radius 2 is 2.00 bits per heavy atom. The number of nitrogens with zero attached hydrogens (tertiary/aromatic N) is 2. The molecule has 0 radical (unpaired) electrons. The number of benzene rings is 1. The average Bonchev–Trinajstić information content (AvgIpc) is 2.69. The number of aromatic nitrogens is 2. The lowest BCUT2D eigenvalue weighted by Crippen LogP contribution is -2.18. The first-order chi connectivity index (χ1) is 8.09. The highest BCUT2D eigenvalue weighted by Gasteiger charge is 2.18. The molecule has 2 rings (SSSR count). The van der Waals surface area contributed by atoms with Crippen molar-refractivity contribution in [3.8, 4) is 0 Å². The molecule has 0 aliphatic rings. The van der Waals surface area contributed by atoms with Crippen molar-refractivity contribution in [2.45, 2.75) is 19.8 Å². The highest BCUT2D eigenvalue weighted by molar-refractivity contribution is 9.10. The predicted molar refractivity (Wildman–Crippen MR) is 70.1 cm³/mol. The van der Waals surface area contributed by atoms with Gasteiger partial charge in [0.1, 0.15) is 0 Å². The van der Waals surface area contributed by atoms with Crippen LogP contribution >= 0.6 is 15.9 Å². The van der Waals surface area contributed by atoms with Crippen LogP contribution in [0.5, 0.6) is 0 Å². The Hall–Kier alpha value is -1.42. The number of hydrogen-bond acceptors (Lipinski definition) is 2. The van der Waals surface area contributed by atoms with Crippen LogP contribution in [0.2, 0.25) is 0 Å². The van der Waals surface area contributed by atoms with Gasteiger partial charge in [0.25, 0.3) is 5.91 Å². The maximum Gasteiger partial charge on any atom is 0.254 e. The molecule has 17 heavy (non-hydrogen) atoms. The fourth-order valence-corrected chi connectivity index (χ4v) is 1.91. The molecular weight excluding hydrogens is 280 g/mol. The van der Waals surface area contributed by atoms with Crippen molar-refractivity contribution in [3.63, 3.8) is 0 Å². The summed E-state index contributed by atoms with van der Waals surface area (Å²) in [4.78, 5) is 12.2. The Balaban J connectivity index is 2.26. The van der Waals surface area contributed by atoms with Crippen LogP contribution in [0.1, 0.15) is 28.9 Å². The van der Waals surface area contributed by atoms with Crippen LogP contribution in [0, 0.1) is 6.92 Å². The van der Waals surface area contributed by atoms with Gasteiger partial charge in [-0.05, 0) is 35.3 Å². The Labute approximate surface area is 109 Å². The van der Waals surface area contributed by atoms with E-state index < -0.39 is 0 Å². The third-order valence-electron chi connectivity index (χ3n) is 2.73. The fraction of sp³-hybridized carbons (Fsp3) is 0.231. The van der Waals surface area contributed by atoms with Crippen LogP contribution in [0.15, 0.2) is 41.0 Å². The van der Waals surface area contributed by atoms with Crippen molar-refractivity contribution in [1.29, 1.82) is 0 Å². The maximum atomic E-state index is 12.2. The van der Waals surface area contributed by atoms with E-state index in [9.17, 15) is 4.79 Å². The summed E-state index contributed by atoms with van der Waals surface area (Å²) in [6, 6.07) is 9.71. The van der Waals surface area contributed by atoms with Gasteiger partial charge in [-0.3, -0.25) is 4.79 Å². The minimum Gasteiger partial charge on any atom is -0.272 e. The lowest BCUT2D eigenvalue weighted by molar-refractivity contribution is 0.0868. The minimum atomic E-state index is -0.192. The second kappa shape index (κ2) is 4.84. The number of hydrogen-bond donors (Lipinski definition) is 0. The summed E-state index contributed by atoms with van der Waals surface area (Å²) >= 11 is 3.35. The zero-order valence-electron chi connectivity index (χ0n) is 9.72. The second-order valence-corrected chi connectivity index (χ2v) is 4.83. The van der Waals surface area contributed by atoms with Crippen molar-refractivity contribution in [1.82, 2.24) is 9.78 Å². The van der Waals surface area contributed by atoms with Crippen molar-refractivity contribution < 1.29 is 4.79 Å². The average molecular weight is 293 g/mol. The SMILES string of the molecule is Cc1nn(C(=O)C(C)c2ccccc2)cc1Br. The van der Waals surface area contributed by atoms with Gasteiger partial charge in [0.05, 0.1) is 16.1 Å². The van der Waals surface area contributed by atoms with E-state index in [2.05, 4.69) is 21.0 Å². The molecule has 0 aliphatic carbocycles. The first kappa shape index (κ1) is 12.0. The van der Waals surface area contributed by atoms with E-state index in [1.54, 1.807) is 6.20 Å². The Bertz CT molecular complexity index is 514. The second-order valence-electron chi connectivity index (χ2n) is 3.98. The molecule has 0 aliphatic heterocycles. The molecular formula is C13H13BrN2O. The number of aryl methyl sites for hydroxylation is 1. The first-order valence-electron chi connectivity index (χ1n) is 5.40. The van der Waals surface area contributed by atoms with Crippen LogP contribution in [-0.2, 0) is 0 Å². The largest absolute Gasteiger partial charge is 0.272 e. The van der Waals surface area contributed by atoms with Crippen LogP contribution in [0.25, 0.3) is 0 Å². The number of rotatable bonds is 2. The van der Waals surface area contributed by atoms with E-state index in [1.807, 2.05) is 44.2 Å². The molecule has 3 nitrogen and oxygen atoms in total. The Morgan fingerprint density at radius 3 is 2.53 bits per heavy atom. The van der Waals surface area contributed by atoms with Crippen molar-refractivity contribution in [2.24, 2.45) is 0 Å². The van der Waals surface area contributed by atoms with Crippen LogP contribution in [-0.4, -0.2) is 15.7 Å². The number of carbonyl (C=O) groups excluding carboxylic acids is 1. The lowest BCUT2D eigenvalue weighted by Gasteiger charge is -2.09. The smallest absolute Gasteiger partial charge is 0.254 e. The molecule has 0 saturated carbocycles. The Kier molecular flexibility index (Phi) is 3.43. The quantitative estimate of drug-likeness (QED) is 0.850. The van der Waals surface area contributed by atoms with Crippen LogP contribution in [0.4, 0.5) is 0 Å². The van der Waals surface area contributed by atoms with Gasteiger partial charge in [0.2, 0.25) is 0 Å². The molecule has 0 saturated heterocycles. The summed E-state index contributed by atoms with van der Waals surface area (Å²) in [6.45, 7) is 3.75. The molecule has 1 atom stereocenters. The minimum absolute atomic E-state index is 0.0231. The summed E-state index contributed by atoms with van der Waals surface area (Å²) in [7, 11) is 0. The van der Waals surface area contributed by atoms with Gasteiger partial charge >= 0.3 is 0 Å². The third-order valence-corrected chi connectivity index (χ3v) is 3.51. The van der Waals surface area contributed by atoms with Gasteiger partial charge in [-0.2, -0.15) is 5.10 Å². The van der Waals surface area contributed by atoms with E-state index in [4.69, 9.17) is 0 Å². The molecule has 0 N–H and O–H groups in total. The van der Waals surface area contributed by atoms with Gasteiger partial charge < -0.3 is 0 Å². The normalized spacial score (nSPS) is 12.4. The molecule has 0 bridgehead atoms. The summed E-state index contributed by atoms with van der Waals surface area (Å²) in [5, 5.41) is 4.18. The van der Waals surface area contributed by atoms with Gasteiger partial charge in [-0.15, -0.1) is 0 Å². The van der Waals surface area contributed by atoms with E-state index in [-0.39, 0.29) is 11.8 Å². The van der Waals surface area contributed by atoms with Crippen LogP contribution < -0.4 is 0 Å². The molecule has 1 heterocycles. The molecule has 0 fully saturated rings. The zero-order valence-corrected chi connectivity index (χ0v) is 11.3. The first-order valence-corrected chi connectivity index (χ1v) is 6.20. The monoisotopic (exact) mass is 292 g/mol. The fourth-order valence-electron chi connectivity index (χ4n) is 1.63. The van der Waals surface area contributed by atoms with Gasteiger partial charge in [-0.25, -0.2) is 4.68 Å². The van der Waals surface area contributed by atoms with Crippen molar-refractivity contribution >= 4 is 21.8 Å². The Morgan fingerprint density at radius 1 is 1.35 bits per heavy atom. The van der Waals surface area contributed by atoms with Crippen LogP contribution in [0.3, 0.4) is 0 Å². The van der Waals surface area contributed by atoms with E-state index in [0.29, 0.717) is 0 Å². The molecule has 4 heteroatoms. The predicted octanol–water partition coefficient (Wildman–Crippen LogP) is 3.40. The van der Waals surface area contributed by atoms with Gasteiger partial charge in [0.15, 0.2) is 0 Å². The summed E-state index contributed by atoms with van der Waals surface area (Å²) in [5.74, 6) is -0.215. The summed E-state index contributed by atoms with van der Waals surface area (Å²) < 4.78 is 2.25. The number of carbonyl (C=O) groups is 1. The molecule has 0 amide bonds. The molecule has 2 aromatic rings. The molecule has 88 valence electrons. The van der Waals surface area contributed by atoms with Crippen molar-refractivity contribution in [2.75, 3.05) is 0 Å². The van der Waals surface area contributed by atoms with E-state index >= 15 is 0 Å².